The fourth-order valence-corrected chi connectivity index (χ4v) is 6.47. The molecule has 1 aromatic rings. The molecule has 0 aromatic heterocycles. The number of carbonyl (C=O) groups excluding carboxylic acids is 4. The monoisotopic (exact) mass is 687 g/mol. The number of anilines is 1. The van der Waals surface area contributed by atoms with Gasteiger partial charge in [0.1, 0.15) is 29.6 Å². The van der Waals surface area contributed by atoms with Gasteiger partial charge in [0.05, 0.1) is 31.8 Å². The van der Waals surface area contributed by atoms with Crippen LogP contribution in [-0.2, 0) is 39.8 Å². The Bertz CT molecular complexity index is 1420. The molecule has 4 rings (SSSR count). The molecule has 0 saturated carbocycles. The number of thioether (sulfide) groups is 1. The number of allylic oxidation sites excluding steroid dienone is 3. The summed E-state index contributed by atoms with van der Waals surface area (Å²) in [6.45, 7) is 5.41. The first-order valence-corrected chi connectivity index (χ1v) is 17.6. The number of alkyl carbamates (subject to hydrolysis) is 1. The van der Waals surface area contributed by atoms with Gasteiger partial charge >= 0.3 is 12.1 Å². The van der Waals surface area contributed by atoms with Gasteiger partial charge in [0, 0.05) is 58.0 Å². The average Bonchev–Trinajstić information content (AvgIpc) is 3.72. The third kappa shape index (κ3) is 9.12. The van der Waals surface area contributed by atoms with Crippen LogP contribution in [0.3, 0.4) is 0 Å². The van der Waals surface area contributed by atoms with Gasteiger partial charge in [-0.2, -0.15) is 11.8 Å². The number of benzene rings is 1. The van der Waals surface area contributed by atoms with Gasteiger partial charge in [-0.15, -0.1) is 0 Å². The predicted octanol–water partition coefficient (Wildman–Crippen LogP) is 4.05. The van der Waals surface area contributed by atoms with Gasteiger partial charge < -0.3 is 38.8 Å². The summed E-state index contributed by atoms with van der Waals surface area (Å²) < 4.78 is 29.2. The first-order chi connectivity index (χ1) is 22.8. The van der Waals surface area contributed by atoms with Crippen molar-refractivity contribution >= 4 is 41.3 Å². The van der Waals surface area contributed by atoms with Gasteiger partial charge in [0.25, 0.3) is 0 Å². The van der Waals surface area contributed by atoms with Crippen LogP contribution >= 0.6 is 11.8 Å². The Morgan fingerprint density at radius 2 is 1.96 bits per heavy atom. The minimum absolute atomic E-state index is 0.178. The largest absolute Gasteiger partial charge is 0.497 e. The molecular formula is C35H49N3O9S. The van der Waals surface area contributed by atoms with Crippen LogP contribution in [-0.4, -0.2) is 111 Å². The highest BCUT2D eigenvalue weighted by Crippen LogP contribution is 2.46. The van der Waals surface area contributed by atoms with E-state index < -0.39 is 48.1 Å². The van der Waals surface area contributed by atoms with Crippen molar-refractivity contribution in [2.75, 3.05) is 45.2 Å². The summed E-state index contributed by atoms with van der Waals surface area (Å²) in [4.78, 5) is 55.6. The summed E-state index contributed by atoms with van der Waals surface area (Å²) in [5.74, 6) is 0.111. The molecular weight excluding hydrogens is 638 g/mol. The van der Waals surface area contributed by atoms with E-state index in [-0.39, 0.29) is 24.3 Å². The number of likely N-dealkylation sites (N-methyl/N-ethyl adjacent to an activating group) is 1. The molecule has 4 unspecified atom stereocenters. The van der Waals surface area contributed by atoms with Crippen molar-refractivity contribution in [1.82, 2.24) is 10.2 Å². The molecule has 3 amide bonds. The molecule has 13 heteroatoms. The second-order valence-corrected chi connectivity index (χ2v) is 13.8. The fourth-order valence-electron chi connectivity index (χ4n) is 6.09. The van der Waals surface area contributed by atoms with E-state index in [1.165, 1.54) is 9.80 Å². The topological polar surface area (TPSA) is 136 Å². The lowest BCUT2D eigenvalue weighted by atomic mass is 9.91. The summed E-state index contributed by atoms with van der Waals surface area (Å²) in [6.07, 6.45) is 6.33. The number of fused-ring (bicyclic) bond motifs is 5. The Hall–Kier alpha value is -3.55. The second kappa shape index (κ2) is 16.2. The van der Waals surface area contributed by atoms with E-state index in [0.29, 0.717) is 42.9 Å². The van der Waals surface area contributed by atoms with Crippen LogP contribution in [0, 0.1) is 0 Å². The summed E-state index contributed by atoms with van der Waals surface area (Å²) in [6, 6.07) is 4.41. The number of ether oxygens (including phenoxy) is 5. The third-order valence-electron chi connectivity index (χ3n) is 9.42. The molecule has 3 heterocycles. The molecule has 0 spiro atoms. The van der Waals surface area contributed by atoms with Crippen LogP contribution < -0.4 is 15.0 Å². The van der Waals surface area contributed by atoms with Crippen molar-refractivity contribution in [3.8, 4) is 5.75 Å². The summed E-state index contributed by atoms with van der Waals surface area (Å²) in [5.41, 5.74) is 1.59. The highest BCUT2D eigenvalue weighted by atomic mass is 32.2. The zero-order chi connectivity index (χ0) is 35.2. The molecule has 2 fully saturated rings. The van der Waals surface area contributed by atoms with Crippen molar-refractivity contribution in [3.63, 3.8) is 0 Å². The fraction of sp³-hybridized carbons (Fsp3) is 0.600. The molecule has 1 N–H and O–H groups in total. The van der Waals surface area contributed by atoms with Crippen molar-refractivity contribution in [1.29, 1.82) is 0 Å². The Morgan fingerprint density at radius 3 is 2.65 bits per heavy atom. The Morgan fingerprint density at radius 1 is 1.21 bits per heavy atom. The van der Waals surface area contributed by atoms with Gasteiger partial charge in [-0.1, -0.05) is 23.8 Å². The van der Waals surface area contributed by atoms with Crippen molar-refractivity contribution in [2.24, 2.45) is 0 Å². The molecule has 3 aliphatic heterocycles. The van der Waals surface area contributed by atoms with Crippen LogP contribution in [0.1, 0.15) is 52.0 Å². The molecule has 264 valence electrons. The van der Waals surface area contributed by atoms with E-state index in [0.717, 1.165) is 11.1 Å². The quantitative estimate of drug-likeness (QED) is 0.315. The number of rotatable bonds is 8. The van der Waals surface area contributed by atoms with Crippen molar-refractivity contribution in [3.05, 3.63) is 47.6 Å². The maximum absolute atomic E-state index is 13.9. The normalized spacial score (nSPS) is 30.0. The SMILES string of the molecule is COc1cc2cc(c1)N(C)C(=O)C[C@H](OC(=O)[C@H](C)N(C)C(=O)CCSC)C1(C)OC1CC1CC(NC(=O)O1)[C@H](OC)/C=C/C=C(\C)C2. The van der Waals surface area contributed by atoms with E-state index in [9.17, 15) is 19.2 Å². The van der Waals surface area contributed by atoms with E-state index in [4.69, 9.17) is 23.7 Å². The van der Waals surface area contributed by atoms with Crippen LogP contribution in [0.25, 0.3) is 0 Å². The Labute approximate surface area is 287 Å². The van der Waals surface area contributed by atoms with E-state index in [2.05, 4.69) is 5.32 Å². The van der Waals surface area contributed by atoms with Crippen LogP contribution in [0.15, 0.2) is 42.0 Å². The summed E-state index contributed by atoms with van der Waals surface area (Å²) in [5, 5.41) is 2.87. The van der Waals surface area contributed by atoms with Crippen molar-refractivity contribution < 1.29 is 42.9 Å². The smallest absolute Gasteiger partial charge is 0.407 e. The molecule has 12 nitrogen and oxygen atoms in total. The zero-order valence-electron chi connectivity index (χ0n) is 29.1. The lowest BCUT2D eigenvalue weighted by molar-refractivity contribution is -0.161. The number of epoxide rings is 1. The molecule has 3 aliphatic rings. The predicted molar refractivity (Wildman–Crippen MR) is 183 cm³/mol. The zero-order valence-corrected chi connectivity index (χ0v) is 30.0. The average molecular weight is 688 g/mol. The molecule has 4 bridgehead atoms. The molecule has 48 heavy (non-hydrogen) atoms. The molecule has 0 radical (unpaired) electrons. The number of esters is 1. The highest BCUT2D eigenvalue weighted by Gasteiger charge is 2.61. The first kappa shape index (κ1) is 37.3. The Balaban J connectivity index is 1.67. The number of nitrogens with zero attached hydrogens (tertiary/aromatic N) is 2. The molecule has 1 aromatic carbocycles. The van der Waals surface area contributed by atoms with E-state index >= 15 is 0 Å². The number of hydrogen-bond donors (Lipinski definition) is 1. The van der Waals surface area contributed by atoms with Crippen molar-refractivity contribution in [2.45, 2.75) is 95.0 Å². The second-order valence-electron chi connectivity index (χ2n) is 12.9. The summed E-state index contributed by atoms with van der Waals surface area (Å²) in [7, 11) is 6.41. The highest BCUT2D eigenvalue weighted by molar-refractivity contribution is 7.98. The lowest BCUT2D eigenvalue weighted by Gasteiger charge is -2.33. The number of amides is 3. The molecule has 0 aliphatic carbocycles. The maximum Gasteiger partial charge on any atom is 0.407 e. The minimum atomic E-state index is -1.04. The third-order valence-corrected chi connectivity index (χ3v) is 10.0. The standard InChI is InChI=1S/C35H49N3O9S/c1-21-10-9-11-28(44-7)27-18-26(45-34(42)36-27)19-30-35(3,47-30)29(46-33(41)22(2)37(4)31(39)12-13-48-8)20-32(40)38(5)24-15-23(14-21)16-25(17-24)43-6/h9-11,15-17,22,26-30H,12-14,18-20H2,1-8H3,(H,36,42)/b11-9+,21-10+/t22-,26?,27?,28+,29-,30?,35?/m0/s1. The number of hydrogen-bond acceptors (Lipinski definition) is 10. The molecule has 7 atom stereocenters. The molecule has 2 saturated heterocycles. The lowest BCUT2D eigenvalue weighted by Crippen LogP contribution is -2.51. The van der Waals surface area contributed by atoms with E-state index in [1.807, 2.05) is 43.5 Å². The number of nitrogens with one attached hydrogen (secondary N) is 1. The summed E-state index contributed by atoms with van der Waals surface area (Å²) >= 11 is 1.55. The van der Waals surface area contributed by atoms with E-state index in [1.54, 1.807) is 60.0 Å². The number of methoxy groups -OCH3 is 2. The Kier molecular flexibility index (Phi) is 12.6. The van der Waals surface area contributed by atoms with Gasteiger partial charge in [0.15, 0.2) is 0 Å². The van der Waals surface area contributed by atoms with Gasteiger partial charge in [-0.25, -0.2) is 9.59 Å². The first-order valence-electron chi connectivity index (χ1n) is 16.2. The van der Waals surface area contributed by atoms with Gasteiger partial charge in [0.2, 0.25) is 11.8 Å². The maximum atomic E-state index is 13.9. The van der Waals surface area contributed by atoms with Gasteiger partial charge in [-0.3, -0.25) is 9.59 Å². The van der Waals surface area contributed by atoms with Gasteiger partial charge in [-0.05, 0) is 51.1 Å². The van der Waals surface area contributed by atoms with Crippen LogP contribution in [0.5, 0.6) is 5.75 Å². The van der Waals surface area contributed by atoms with Crippen LogP contribution in [0.4, 0.5) is 10.5 Å². The number of carbonyl (C=O) groups is 4. The van der Waals surface area contributed by atoms with Crippen LogP contribution in [0.2, 0.25) is 0 Å². The minimum Gasteiger partial charge on any atom is -0.497 e.